The molecule has 0 unspecified atom stereocenters. The summed E-state index contributed by atoms with van der Waals surface area (Å²) in [5.41, 5.74) is 1.38. The predicted molar refractivity (Wildman–Crippen MR) is 116 cm³/mol. The number of hydrogen-bond acceptors (Lipinski definition) is 6. The van der Waals surface area contributed by atoms with E-state index in [-0.39, 0.29) is 46.8 Å². The first-order valence-electron chi connectivity index (χ1n) is 9.29. The van der Waals surface area contributed by atoms with Crippen LogP contribution in [0.25, 0.3) is 0 Å². The highest BCUT2D eigenvalue weighted by Gasteiger charge is 2.30. The Bertz CT molecular complexity index is 1080. The van der Waals surface area contributed by atoms with E-state index in [0.29, 0.717) is 5.69 Å². The number of carbonyl (C=O) groups excluding carboxylic acids is 2. The van der Waals surface area contributed by atoms with Crippen LogP contribution in [0, 0.1) is 6.92 Å². The van der Waals surface area contributed by atoms with Crippen LogP contribution in [0.1, 0.15) is 15.9 Å². The number of nitrogens with zero attached hydrogens (tertiary/aromatic N) is 1. The molecule has 31 heavy (non-hydrogen) atoms. The number of rotatable bonds is 6. The van der Waals surface area contributed by atoms with E-state index in [9.17, 15) is 18.0 Å². The molecule has 1 saturated heterocycles. The van der Waals surface area contributed by atoms with Crippen molar-refractivity contribution in [3.05, 3.63) is 57.6 Å². The van der Waals surface area contributed by atoms with Crippen molar-refractivity contribution < 1.29 is 27.5 Å². The van der Waals surface area contributed by atoms with Crippen molar-refractivity contribution in [3.8, 4) is 0 Å². The first-order valence-corrected chi connectivity index (χ1v) is 11.5. The molecule has 1 N–H and O–H groups in total. The number of esters is 1. The number of morpholine rings is 1. The van der Waals surface area contributed by atoms with E-state index >= 15 is 0 Å². The van der Waals surface area contributed by atoms with Gasteiger partial charge >= 0.3 is 5.97 Å². The standard InChI is InChI=1S/C20H20Cl2N2O6S/c1-13-2-4-14(5-3-13)23-19(25)12-30-20(26)15-10-18(17(22)11-16(15)21)31(27,28)24-6-8-29-9-7-24/h2-5,10-11H,6-9,12H2,1H3,(H,23,25). The van der Waals surface area contributed by atoms with E-state index in [4.69, 9.17) is 32.7 Å². The third-order valence-corrected chi connectivity index (χ3v) is 7.18. The molecule has 0 aromatic heterocycles. The first kappa shape index (κ1) is 23.5. The topological polar surface area (TPSA) is 102 Å². The second-order valence-corrected chi connectivity index (χ2v) is 9.49. The average Bonchev–Trinajstić information content (AvgIpc) is 2.74. The number of ether oxygens (including phenoxy) is 2. The fraction of sp³-hybridized carbons (Fsp3) is 0.300. The molecule has 11 heteroatoms. The molecule has 166 valence electrons. The quantitative estimate of drug-likeness (QED) is 0.629. The molecule has 0 atom stereocenters. The van der Waals surface area contributed by atoms with Gasteiger partial charge in [0.2, 0.25) is 10.0 Å². The molecule has 0 saturated carbocycles. The Kier molecular flexibility index (Phi) is 7.55. The van der Waals surface area contributed by atoms with Crippen molar-refractivity contribution in [3.63, 3.8) is 0 Å². The average molecular weight is 487 g/mol. The summed E-state index contributed by atoms with van der Waals surface area (Å²) in [7, 11) is -3.97. The number of nitrogens with one attached hydrogen (secondary N) is 1. The first-order chi connectivity index (χ1) is 14.7. The number of benzene rings is 2. The van der Waals surface area contributed by atoms with Gasteiger partial charge in [-0.05, 0) is 31.2 Å². The molecule has 0 spiro atoms. The van der Waals surface area contributed by atoms with Crippen LogP contribution in [0.15, 0.2) is 41.3 Å². The number of sulfonamides is 1. The molecular formula is C20H20Cl2N2O6S. The molecule has 1 fully saturated rings. The number of halogens is 2. The lowest BCUT2D eigenvalue weighted by molar-refractivity contribution is -0.119. The maximum atomic E-state index is 12.9. The fourth-order valence-electron chi connectivity index (χ4n) is 2.85. The molecule has 1 aliphatic heterocycles. The van der Waals surface area contributed by atoms with E-state index in [1.165, 1.54) is 10.4 Å². The molecule has 2 aromatic carbocycles. The fourth-order valence-corrected chi connectivity index (χ4v) is 5.08. The highest BCUT2D eigenvalue weighted by Crippen LogP contribution is 2.31. The highest BCUT2D eigenvalue weighted by molar-refractivity contribution is 7.89. The Morgan fingerprint density at radius 2 is 1.74 bits per heavy atom. The smallest absolute Gasteiger partial charge is 0.340 e. The minimum Gasteiger partial charge on any atom is -0.452 e. The largest absolute Gasteiger partial charge is 0.452 e. The van der Waals surface area contributed by atoms with Gasteiger partial charge in [0.1, 0.15) is 4.90 Å². The monoisotopic (exact) mass is 486 g/mol. The van der Waals surface area contributed by atoms with E-state index in [0.717, 1.165) is 11.6 Å². The van der Waals surface area contributed by atoms with Crippen LogP contribution in [-0.2, 0) is 24.3 Å². The van der Waals surface area contributed by atoms with E-state index in [1.54, 1.807) is 12.1 Å². The second kappa shape index (κ2) is 9.97. The minimum atomic E-state index is -3.97. The lowest BCUT2D eigenvalue weighted by Crippen LogP contribution is -2.40. The van der Waals surface area contributed by atoms with Crippen LogP contribution >= 0.6 is 23.2 Å². The van der Waals surface area contributed by atoms with Crippen LogP contribution < -0.4 is 5.32 Å². The van der Waals surface area contributed by atoms with Crippen LogP contribution in [-0.4, -0.2) is 57.5 Å². The van der Waals surface area contributed by atoms with Gasteiger partial charge in [0.05, 0.1) is 28.8 Å². The minimum absolute atomic E-state index is 0.0881. The Morgan fingerprint density at radius 1 is 1.10 bits per heavy atom. The van der Waals surface area contributed by atoms with Gasteiger partial charge in [-0.1, -0.05) is 40.9 Å². The molecule has 0 aliphatic carbocycles. The van der Waals surface area contributed by atoms with Gasteiger partial charge in [-0.25, -0.2) is 13.2 Å². The van der Waals surface area contributed by atoms with Gasteiger partial charge in [0, 0.05) is 18.8 Å². The van der Waals surface area contributed by atoms with Crippen LogP contribution in [0.3, 0.4) is 0 Å². The summed E-state index contributed by atoms with van der Waals surface area (Å²) < 4.78 is 37.2. The maximum absolute atomic E-state index is 12.9. The highest BCUT2D eigenvalue weighted by atomic mass is 35.5. The lowest BCUT2D eigenvalue weighted by Gasteiger charge is -2.26. The van der Waals surface area contributed by atoms with Crippen molar-refractivity contribution in [2.45, 2.75) is 11.8 Å². The number of aryl methyl sites for hydroxylation is 1. The zero-order valence-corrected chi connectivity index (χ0v) is 18.9. The summed E-state index contributed by atoms with van der Waals surface area (Å²) in [6.07, 6.45) is 0. The van der Waals surface area contributed by atoms with Gasteiger partial charge < -0.3 is 14.8 Å². The van der Waals surface area contributed by atoms with Gasteiger partial charge in [-0.15, -0.1) is 0 Å². The van der Waals surface area contributed by atoms with Crippen LogP contribution in [0.5, 0.6) is 0 Å². The number of hydrogen-bond donors (Lipinski definition) is 1. The molecule has 0 bridgehead atoms. The van der Waals surface area contributed by atoms with Crippen molar-refractivity contribution in [1.29, 1.82) is 0 Å². The summed E-state index contributed by atoms with van der Waals surface area (Å²) in [5, 5.41) is 2.39. The summed E-state index contributed by atoms with van der Waals surface area (Å²) in [5.74, 6) is -1.50. The predicted octanol–water partition coefficient (Wildman–Crippen LogP) is 3.12. The van der Waals surface area contributed by atoms with Gasteiger partial charge in [-0.2, -0.15) is 4.31 Å². The van der Waals surface area contributed by atoms with E-state index < -0.39 is 28.5 Å². The second-order valence-electron chi connectivity index (χ2n) is 6.77. The molecule has 2 aromatic rings. The van der Waals surface area contributed by atoms with Crippen molar-refractivity contribution in [2.75, 3.05) is 38.2 Å². The van der Waals surface area contributed by atoms with Crippen molar-refractivity contribution in [2.24, 2.45) is 0 Å². The van der Waals surface area contributed by atoms with Crippen LogP contribution in [0.2, 0.25) is 10.0 Å². The van der Waals surface area contributed by atoms with Crippen molar-refractivity contribution in [1.82, 2.24) is 4.31 Å². The summed E-state index contributed by atoms with van der Waals surface area (Å²) >= 11 is 12.2. The maximum Gasteiger partial charge on any atom is 0.340 e. The summed E-state index contributed by atoms with van der Waals surface area (Å²) in [6, 6.07) is 9.31. The number of amides is 1. The SMILES string of the molecule is Cc1ccc(NC(=O)COC(=O)c2cc(S(=O)(=O)N3CCOCC3)c(Cl)cc2Cl)cc1. The number of carbonyl (C=O) groups is 2. The summed E-state index contributed by atoms with van der Waals surface area (Å²) in [6.45, 7) is 2.19. The Balaban J connectivity index is 1.72. The molecule has 1 aliphatic rings. The molecule has 3 rings (SSSR count). The molecular weight excluding hydrogens is 467 g/mol. The van der Waals surface area contributed by atoms with Gasteiger partial charge in [-0.3, -0.25) is 4.79 Å². The molecule has 8 nitrogen and oxygen atoms in total. The third-order valence-electron chi connectivity index (χ3n) is 4.50. The lowest BCUT2D eigenvalue weighted by atomic mass is 10.2. The zero-order chi connectivity index (χ0) is 22.6. The van der Waals surface area contributed by atoms with E-state index in [1.807, 2.05) is 19.1 Å². The number of anilines is 1. The Morgan fingerprint density at radius 3 is 2.39 bits per heavy atom. The summed E-state index contributed by atoms with van der Waals surface area (Å²) in [4.78, 5) is 24.3. The van der Waals surface area contributed by atoms with Crippen molar-refractivity contribution >= 4 is 50.8 Å². The van der Waals surface area contributed by atoms with Crippen LogP contribution in [0.4, 0.5) is 5.69 Å². The third kappa shape index (κ3) is 5.75. The van der Waals surface area contributed by atoms with Gasteiger partial charge in [0.15, 0.2) is 6.61 Å². The zero-order valence-electron chi connectivity index (χ0n) is 16.6. The molecule has 1 heterocycles. The molecule has 0 radical (unpaired) electrons. The molecule has 1 amide bonds. The normalized spacial score (nSPS) is 14.8. The van der Waals surface area contributed by atoms with E-state index in [2.05, 4.69) is 5.32 Å². The Labute approximate surface area is 190 Å². The van der Waals surface area contributed by atoms with Gasteiger partial charge in [0.25, 0.3) is 5.91 Å². The Hall–Kier alpha value is -2.17.